The Bertz CT molecular complexity index is 766. The lowest BCUT2D eigenvalue weighted by Crippen LogP contribution is -1.91. The maximum absolute atomic E-state index is 5.86. The van der Waals surface area contributed by atoms with Crippen LogP contribution in [-0.4, -0.2) is 24.4 Å². The van der Waals surface area contributed by atoms with E-state index in [4.69, 9.17) is 19.7 Å². The van der Waals surface area contributed by atoms with E-state index >= 15 is 0 Å². The van der Waals surface area contributed by atoms with Gasteiger partial charge in [-0.05, 0) is 29.6 Å². The quantitative estimate of drug-likeness (QED) is 0.797. The molecule has 0 bridgehead atoms. The van der Waals surface area contributed by atoms with Gasteiger partial charge in [-0.3, -0.25) is 0 Å². The molecule has 0 aliphatic rings. The minimum Gasteiger partial charge on any atom is -0.493 e. The number of thiophene rings is 1. The highest BCUT2D eigenvalue weighted by Crippen LogP contribution is 2.33. The summed E-state index contributed by atoms with van der Waals surface area (Å²) in [7, 11) is 3.17. The molecule has 0 amide bonds. The van der Waals surface area contributed by atoms with E-state index in [-0.39, 0.29) is 0 Å². The fourth-order valence-corrected chi connectivity index (χ4v) is 2.56. The number of rotatable bonds is 4. The van der Waals surface area contributed by atoms with Crippen LogP contribution in [0.25, 0.3) is 22.8 Å². The molecule has 2 heterocycles. The number of nitrogen functional groups attached to an aromatic ring is 1. The van der Waals surface area contributed by atoms with Crippen LogP contribution in [0, 0.1) is 0 Å². The third kappa shape index (κ3) is 2.43. The van der Waals surface area contributed by atoms with Gasteiger partial charge in [-0.15, -0.1) is 11.3 Å². The lowest BCUT2D eigenvalue weighted by atomic mass is 10.2. The second-order valence-electron chi connectivity index (χ2n) is 4.19. The summed E-state index contributed by atoms with van der Waals surface area (Å²) in [4.78, 5) is 4.37. The van der Waals surface area contributed by atoms with Crippen molar-refractivity contribution in [1.82, 2.24) is 10.1 Å². The molecule has 0 aliphatic carbocycles. The zero-order valence-corrected chi connectivity index (χ0v) is 12.3. The Kier molecular flexibility index (Phi) is 3.49. The largest absolute Gasteiger partial charge is 0.493 e. The molecule has 21 heavy (non-hydrogen) atoms. The van der Waals surface area contributed by atoms with Crippen LogP contribution in [0.15, 0.2) is 34.2 Å². The van der Waals surface area contributed by atoms with Crippen LogP contribution >= 0.6 is 11.3 Å². The molecule has 1 aromatic carbocycles. The van der Waals surface area contributed by atoms with Crippen LogP contribution in [-0.2, 0) is 0 Å². The van der Waals surface area contributed by atoms with E-state index in [0.717, 1.165) is 11.1 Å². The predicted octanol–water partition coefficient (Wildman–Crippen LogP) is 3.06. The lowest BCUT2D eigenvalue weighted by molar-refractivity contribution is 0.355. The van der Waals surface area contributed by atoms with Crippen LogP contribution < -0.4 is 15.2 Å². The molecular weight excluding hydrogens is 290 g/mol. The second kappa shape index (κ2) is 5.45. The molecule has 108 valence electrons. The third-order valence-electron chi connectivity index (χ3n) is 2.99. The second-order valence-corrected chi connectivity index (χ2v) is 5.14. The van der Waals surface area contributed by atoms with Crippen molar-refractivity contribution in [3.63, 3.8) is 0 Å². The summed E-state index contributed by atoms with van der Waals surface area (Å²) in [6.45, 7) is 0. The molecule has 0 saturated carbocycles. The van der Waals surface area contributed by atoms with Crippen molar-refractivity contribution in [3.05, 3.63) is 29.6 Å². The summed E-state index contributed by atoms with van der Waals surface area (Å²) in [5.74, 6) is 2.12. The van der Waals surface area contributed by atoms with E-state index in [0.29, 0.717) is 28.2 Å². The van der Waals surface area contributed by atoms with Crippen molar-refractivity contribution in [2.24, 2.45) is 0 Å². The van der Waals surface area contributed by atoms with Gasteiger partial charge in [0.25, 0.3) is 5.89 Å². The topological polar surface area (TPSA) is 83.4 Å². The van der Waals surface area contributed by atoms with Crippen LogP contribution in [0.5, 0.6) is 11.5 Å². The average molecular weight is 303 g/mol. The first-order valence-corrected chi connectivity index (χ1v) is 7.00. The summed E-state index contributed by atoms with van der Waals surface area (Å²) < 4.78 is 15.7. The number of nitrogens with zero attached hydrogens (tertiary/aromatic N) is 2. The Hall–Kier alpha value is -2.54. The first-order valence-electron chi connectivity index (χ1n) is 6.12. The minimum atomic E-state index is 0.401. The van der Waals surface area contributed by atoms with Crippen LogP contribution in [0.4, 0.5) is 5.00 Å². The van der Waals surface area contributed by atoms with Gasteiger partial charge in [0.1, 0.15) is 0 Å². The van der Waals surface area contributed by atoms with Gasteiger partial charge in [0, 0.05) is 5.56 Å². The standard InChI is InChI=1S/C14H13N3O3S/c1-18-10-4-3-8(7-11(10)19-2)13-16-14(20-17-13)9-5-6-21-12(9)15/h3-7H,15H2,1-2H3. The molecule has 2 N–H and O–H groups in total. The van der Waals surface area contributed by atoms with Crippen molar-refractivity contribution in [1.29, 1.82) is 0 Å². The van der Waals surface area contributed by atoms with Gasteiger partial charge in [-0.1, -0.05) is 5.16 Å². The Morgan fingerprint density at radius 1 is 1.14 bits per heavy atom. The zero-order chi connectivity index (χ0) is 14.8. The van der Waals surface area contributed by atoms with E-state index in [1.54, 1.807) is 26.4 Å². The molecular formula is C14H13N3O3S. The summed E-state index contributed by atoms with van der Waals surface area (Å²) in [5, 5.41) is 6.51. The number of anilines is 1. The van der Waals surface area contributed by atoms with E-state index in [2.05, 4.69) is 10.1 Å². The zero-order valence-electron chi connectivity index (χ0n) is 11.5. The maximum Gasteiger partial charge on any atom is 0.261 e. The SMILES string of the molecule is COc1ccc(-c2noc(-c3ccsc3N)n2)cc1OC. The number of hydrogen-bond donors (Lipinski definition) is 1. The normalized spacial score (nSPS) is 10.6. The molecule has 0 atom stereocenters. The van der Waals surface area contributed by atoms with Crippen molar-refractivity contribution >= 4 is 16.3 Å². The van der Waals surface area contributed by atoms with Gasteiger partial charge in [0.15, 0.2) is 11.5 Å². The molecule has 2 aromatic heterocycles. The Morgan fingerprint density at radius 2 is 1.95 bits per heavy atom. The van der Waals surface area contributed by atoms with Crippen LogP contribution in [0.2, 0.25) is 0 Å². The summed E-state index contributed by atoms with van der Waals surface area (Å²) in [6.07, 6.45) is 0. The highest BCUT2D eigenvalue weighted by atomic mass is 32.1. The fraction of sp³-hybridized carbons (Fsp3) is 0.143. The molecule has 0 radical (unpaired) electrons. The molecule has 3 aromatic rings. The van der Waals surface area contributed by atoms with Crippen molar-refractivity contribution in [2.45, 2.75) is 0 Å². The highest BCUT2D eigenvalue weighted by molar-refractivity contribution is 7.14. The smallest absolute Gasteiger partial charge is 0.261 e. The molecule has 7 heteroatoms. The molecule has 0 spiro atoms. The van der Waals surface area contributed by atoms with Crippen LogP contribution in [0.1, 0.15) is 0 Å². The van der Waals surface area contributed by atoms with Gasteiger partial charge in [0.2, 0.25) is 5.82 Å². The third-order valence-corrected chi connectivity index (χ3v) is 3.74. The number of nitrogens with two attached hydrogens (primary N) is 1. The van der Waals surface area contributed by atoms with E-state index in [9.17, 15) is 0 Å². The summed E-state index contributed by atoms with van der Waals surface area (Å²) >= 11 is 1.43. The fourth-order valence-electron chi connectivity index (χ4n) is 1.92. The van der Waals surface area contributed by atoms with Gasteiger partial charge >= 0.3 is 0 Å². The number of ether oxygens (including phenoxy) is 2. The van der Waals surface area contributed by atoms with E-state index in [1.807, 2.05) is 17.5 Å². The van der Waals surface area contributed by atoms with Crippen molar-refractivity contribution in [3.8, 4) is 34.3 Å². The molecule has 0 saturated heterocycles. The van der Waals surface area contributed by atoms with Gasteiger partial charge in [0.05, 0.1) is 24.8 Å². The minimum absolute atomic E-state index is 0.401. The molecule has 3 rings (SSSR count). The number of benzene rings is 1. The first kappa shape index (κ1) is 13.4. The van der Waals surface area contributed by atoms with Crippen molar-refractivity contribution < 1.29 is 14.0 Å². The first-order chi connectivity index (χ1) is 10.2. The number of hydrogen-bond acceptors (Lipinski definition) is 7. The van der Waals surface area contributed by atoms with E-state index < -0.39 is 0 Å². The Balaban J connectivity index is 1.98. The van der Waals surface area contributed by atoms with Gasteiger partial charge in [-0.25, -0.2) is 0 Å². The molecule has 0 unspecified atom stereocenters. The molecule has 6 nitrogen and oxygen atoms in total. The monoisotopic (exact) mass is 303 g/mol. The number of methoxy groups -OCH3 is 2. The van der Waals surface area contributed by atoms with Gasteiger partial charge in [-0.2, -0.15) is 4.98 Å². The average Bonchev–Trinajstić information content (AvgIpc) is 3.15. The van der Waals surface area contributed by atoms with E-state index in [1.165, 1.54) is 11.3 Å². The maximum atomic E-state index is 5.86. The number of aromatic nitrogens is 2. The predicted molar refractivity (Wildman–Crippen MR) is 80.6 cm³/mol. The Labute approximate surface area is 125 Å². The van der Waals surface area contributed by atoms with Gasteiger partial charge < -0.3 is 19.7 Å². The molecule has 0 aliphatic heterocycles. The lowest BCUT2D eigenvalue weighted by Gasteiger charge is -2.07. The summed E-state index contributed by atoms with van der Waals surface area (Å²) in [6, 6.07) is 7.28. The Morgan fingerprint density at radius 3 is 2.62 bits per heavy atom. The summed E-state index contributed by atoms with van der Waals surface area (Å²) in [5.41, 5.74) is 7.38. The highest BCUT2D eigenvalue weighted by Gasteiger charge is 2.15. The van der Waals surface area contributed by atoms with Crippen LogP contribution in [0.3, 0.4) is 0 Å². The molecule has 0 fully saturated rings. The van der Waals surface area contributed by atoms with Crippen molar-refractivity contribution in [2.75, 3.05) is 20.0 Å².